The van der Waals surface area contributed by atoms with Crippen molar-refractivity contribution in [2.75, 3.05) is 13.7 Å². The van der Waals surface area contributed by atoms with E-state index in [1.807, 2.05) is 0 Å². The van der Waals surface area contributed by atoms with Gasteiger partial charge >= 0.3 is 5.97 Å². The van der Waals surface area contributed by atoms with Crippen molar-refractivity contribution in [2.24, 2.45) is 0 Å². The number of ketones is 2. The Balaban J connectivity index is 2.92. The molecule has 1 aromatic carbocycles. The molecule has 0 fully saturated rings. The maximum Gasteiger partial charge on any atom is 0.323 e. The third kappa shape index (κ3) is 4.25. The average Bonchev–Trinajstić information content (AvgIpc) is 2.43. The topological polar surface area (TPSA) is 92.7 Å². The number of nitrogens with one attached hydrogen (secondary N) is 1. The molecule has 0 spiro atoms. The van der Waals surface area contributed by atoms with Gasteiger partial charge in [0.15, 0.2) is 11.6 Å². The van der Waals surface area contributed by atoms with Crippen molar-refractivity contribution < 1.29 is 24.2 Å². The summed E-state index contributed by atoms with van der Waals surface area (Å²) >= 11 is 0. The molecule has 0 aliphatic carbocycles. The summed E-state index contributed by atoms with van der Waals surface area (Å²) in [5.41, 5.74) is 0.349. The molecule has 1 rings (SSSR count). The smallest absolute Gasteiger partial charge is 0.323 e. The Hall–Kier alpha value is -2.05. The minimum absolute atomic E-state index is 0.138. The van der Waals surface area contributed by atoms with Crippen molar-refractivity contribution >= 4 is 17.5 Å². The first-order valence-corrected chi connectivity index (χ1v) is 6.05. The number of methoxy groups -OCH3 is 1. The number of ether oxygens (including phenoxy) is 1. The second kappa shape index (κ2) is 7.52. The van der Waals surface area contributed by atoms with Crippen LogP contribution in [0.5, 0.6) is 0 Å². The molecular weight excluding hydrogens is 262 g/mol. The number of carbonyl (C=O) groups excluding carboxylic acids is 2. The predicted molar refractivity (Wildman–Crippen MR) is 71.7 cm³/mol. The largest absolute Gasteiger partial charge is 0.480 e. The number of rotatable bonds is 8. The van der Waals surface area contributed by atoms with Crippen molar-refractivity contribution in [3.05, 3.63) is 35.9 Å². The third-order valence-corrected chi connectivity index (χ3v) is 2.73. The van der Waals surface area contributed by atoms with Crippen LogP contribution in [0.3, 0.4) is 0 Å². The molecule has 6 heteroatoms. The van der Waals surface area contributed by atoms with Gasteiger partial charge in [-0.1, -0.05) is 30.3 Å². The molecule has 2 N–H and O–H groups in total. The van der Waals surface area contributed by atoms with Gasteiger partial charge in [-0.3, -0.25) is 19.7 Å². The SMILES string of the molecule is COCC(NC(C(C)=O)C(=O)c1ccccc1)C(=O)O. The van der Waals surface area contributed by atoms with Crippen LogP contribution in [-0.4, -0.2) is 48.4 Å². The Kier molecular flexibility index (Phi) is 6.02. The van der Waals surface area contributed by atoms with E-state index in [0.717, 1.165) is 0 Å². The van der Waals surface area contributed by atoms with Crippen LogP contribution >= 0.6 is 0 Å². The van der Waals surface area contributed by atoms with E-state index in [0.29, 0.717) is 5.56 Å². The number of hydrogen-bond acceptors (Lipinski definition) is 5. The Bertz CT molecular complexity index is 486. The van der Waals surface area contributed by atoms with Crippen LogP contribution in [0.15, 0.2) is 30.3 Å². The van der Waals surface area contributed by atoms with E-state index in [9.17, 15) is 14.4 Å². The minimum atomic E-state index is -1.20. The lowest BCUT2D eigenvalue weighted by molar-refractivity contribution is -0.141. The fourth-order valence-electron chi connectivity index (χ4n) is 1.71. The fraction of sp³-hybridized carbons (Fsp3) is 0.357. The molecule has 0 saturated heterocycles. The first-order chi connectivity index (χ1) is 9.47. The molecule has 2 unspecified atom stereocenters. The lowest BCUT2D eigenvalue weighted by atomic mass is 10.0. The van der Waals surface area contributed by atoms with Crippen molar-refractivity contribution in [1.29, 1.82) is 0 Å². The molecule has 0 radical (unpaired) electrons. The van der Waals surface area contributed by atoms with Crippen molar-refractivity contribution in [2.45, 2.75) is 19.0 Å². The zero-order valence-corrected chi connectivity index (χ0v) is 11.3. The number of benzene rings is 1. The summed E-state index contributed by atoms with van der Waals surface area (Å²) in [7, 11) is 1.35. The number of carboxylic acid groups (broad SMARTS) is 1. The van der Waals surface area contributed by atoms with E-state index in [2.05, 4.69) is 5.32 Å². The van der Waals surface area contributed by atoms with Gasteiger partial charge in [0, 0.05) is 12.7 Å². The highest BCUT2D eigenvalue weighted by molar-refractivity contribution is 6.13. The predicted octanol–water partition coefficient (Wildman–Crippen LogP) is 0.516. The van der Waals surface area contributed by atoms with E-state index in [4.69, 9.17) is 9.84 Å². The molecule has 0 amide bonds. The summed E-state index contributed by atoms with van der Waals surface area (Å²) in [6.45, 7) is 1.10. The van der Waals surface area contributed by atoms with Gasteiger partial charge in [0.25, 0.3) is 0 Å². The van der Waals surface area contributed by atoms with Gasteiger partial charge in [0.2, 0.25) is 0 Å². The summed E-state index contributed by atoms with van der Waals surface area (Å²) in [5.74, 6) is -2.08. The van der Waals surface area contributed by atoms with Crippen LogP contribution in [0.2, 0.25) is 0 Å². The van der Waals surface area contributed by atoms with Gasteiger partial charge < -0.3 is 9.84 Å². The Morgan fingerprint density at radius 2 is 1.85 bits per heavy atom. The average molecular weight is 279 g/mol. The molecule has 2 atom stereocenters. The monoisotopic (exact) mass is 279 g/mol. The van der Waals surface area contributed by atoms with E-state index in [1.165, 1.54) is 14.0 Å². The van der Waals surface area contributed by atoms with Gasteiger partial charge in [0.05, 0.1) is 6.61 Å². The van der Waals surface area contributed by atoms with Gasteiger partial charge in [-0.2, -0.15) is 0 Å². The van der Waals surface area contributed by atoms with Gasteiger partial charge in [-0.15, -0.1) is 0 Å². The number of aliphatic carboxylic acids is 1. The molecular formula is C14H17NO5. The quantitative estimate of drug-likeness (QED) is 0.532. The molecule has 0 aliphatic heterocycles. The summed E-state index contributed by atoms with van der Waals surface area (Å²) in [5, 5.41) is 11.6. The Morgan fingerprint density at radius 3 is 2.30 bits per heavy atom. The normalized spacial score (nSPS) is 13.5. The first-order valence-electron chi connectivity index (χ1n) is 6.05. The molecule has 0 aliphatic rings. The standard InChI is InChI=1S/C14H17NO5/c1-9(16)12(15-11(8-20-2)14(18)19)13(17)10-6-4-3-5-7-10/h3-7,11-12,15H,8H2,1-2H3,(H,18,19). The lowest BCUT2D eigenvalue weighted by Gasteiger charge is -2.20. The molecule has 0 heterocycles. The zero-order valence-electron chi connectivity index (χ0n) is 11.3. The summed E-state index contributed by atoms with van der Waals surface area (Å²) < 4.78 is 4.77. The number of carbonyl (C=O) groups is 3. The number of carboxylic acids is 1. The molecule has 0 bridgehead atoms. The van der Waals surface area contributed by atoms with Crippen LogP contribution in [0.25, 0.3) is 0 Å². The number of hydrogen-bond donors (Lipinski definition) is 2. The van der Waals surface area contributed by atoms with E-state index < -0.39 is 29.6 Å². The van der Waals surface area contributed by atoms with E-state index in [1.54, 1.807) is 30.3 Å². The van der Waals surface area contributed by atoms with Gasteiger partial charge in [0.1, 0.15) is 12.1 Å². The van der Waals surface area contributed by atoms with Gasteiger partial charge in [-0.25, -0.2) is 0 Å². The highest BCUT2D eigenvalue weighted by atomic mass is 16.5. The summed E-state index contributed by atoms with van der Waals surface area (Å²) in [4.78, 5) is 34.9. The highest BCUT2D eigenvalue weighted by Gasteiger charge is 2.29. The zero-order chi connectivity index (χ0) is 15.1. The van der Waals surface area contributed by atoms with Gasteiger partial charge in [-0.05, 0) is 6.92 Å². The maximum atomic E-state index is 12.2. The molecule has 1 aromatic rings. The van der Waals surface area contributed by atoms with Crippen LogP contribution in [-0.2, 0) is 14.3 Å². The van der Waals surface area contributed by atoms with E-state index in [-0.39, 0.29) is 6.61 Å². The maximum absolute atomic E-state index is 12.2. The summed E-state index contributed by atoms with van der Waals surface area (Å²) in [6, 6.07) is 5.92. The van der Waals surface area contributed by atoms with Crippen molar-refractivity contribution in [1.82, 2.24) is 5.32 Å². The molecule has 20 heavy (non-hydrogen) atoms. The van der Waals surface area contributed by atoms with Crippen LogP contribution in [0.4, 0.5) is 0 Å². The minimum Gasteiger partial charge on any atom is -0.480 e. The van der Waals surface area contributed by atoms with Crippen LogP contribution in [0.1, 0.15) is 17.3 Å². The fourth-order valence-corrected chi connectivity index (χ4v) is 1.71. The lowest BCUT2D eigenvalue weighted by Crippen LogP contribution is -2.52. The highest BCUT2D eigenvalue weighted by Crippen LogP contribution is 2.06. The summed E-state index contributed by atoms with van der Waals surface area (Å²) in [6.07, 6.45) is 0. The second-order valence-electron chi connectivity index (χ2n) is 4.29. The Labute approximate surface area is 116 Å². The number of Topliss-reactive ketones (excluding diaryl/α,β-unsaturated/α-hetero) is 2. The van der Waals surface area contributed by atoms with E-state index >= 15 is 0 Å². The van der Waals surface area contributed by atoms with Crippen molar-refractivity contribution in [3.8, 4) is 0 Å². The Morgan fingerprint density at radius 1 is 1.25 bits per heavy atom. The molecule has 0 saturated carbocycles. The van der Waals surface area contributed by atoms with Crippen LogP contribution in [0, 0.1) is 0 Å². The first kappa shape index (κ1) is 16.0. The molecule has 6 nitrogen and oxygen atoms in total. The molecule has 108 valence electrons. The third-order valence-electron chi connectivity index (χ3n) is 2.73. The van der Waals surface area contributed by atoms with Crippen molar-refractivity contribution in [3.63, 3.8) is 0 Å². The van der Waals surface area contributed by atoms with Crippen LogP contribution < -0.4 is 5.32 Å². The molecule has 0 aromatic heterocycles. The second-order valence-corrected chi connectivity index (χ2v) is 4.29.